The van der Waals surface area contributed by atoms with E-state index >= 15 is 0 Å². The van der Waals surface area contributed by atoms with Crippen molar-refractivity contribution in [3.05, 3.63) is 65.5 Å². The monoisotopic (exact) mass is 411 g/mol. The summed E-state index contributed by atoms with van der Waals surface area (Å²) in [7, 11) is 0. The maximum Gasteiger partial charge on any atom is 0.326 e. The van der Waals surface area contributed by atoms with Gasteiger partial charge in [-0.3, -0.25) is 14.6 Å². The van der Waals surface area contributed by atoms with Crippen molar-refractivity contribution in [1.82, 2.24) is 15.2 Å². The van der Waals surface area contributed by atoms with Crippen LogP contribution in [0, 0.1) is 5.92 Å². The van der Waals surface area contributed by atoms with E-state index in [-0.39, 0.29) is 11.8 Å². The zero-order chi connectivity index (χ0) is 22.1. The number of carbonyl (C=O) groups is 3. The molecule has 2 rings (SSSR count). The van der Waals surface area contributed by atoms with E-state index in [0.717, 1.165) is 18.4 Å². The minimum atomic E-state index is -1.06. The van der Waals surface area contributed by atoms with Gasteiger partial charge in [0.1, 0.15) is 6.04 Å². The fraction of sp³-hybridized carbons (Fsp3) is 0.391. The lowest BCUT2D eigenvalue weighted by Crippen LogP contribution is -2.44. The summed E-state index contributed by atoms with van der Waals surface area (Å²) in [5, 5.41) is 11.8. The molecular formula is C23H29N3O4. The lowest BCUT2D eigenvalue weighted by atomic mass is 10.0. The van der Waals surface area contributed by atoms with Gasteiger partial charge in [0.05, 0.1) is 5.56 Å². The van der Waals surface area contributed by atoms with Crippen LogP contribution in [0.3, 0.4) is 0 Å². The number of carbonyl (C=O) groups excluding carboxylic acids is 2. The molecule has 0 aliphatic heterocycles. The number of benzene rings is 1. The molecule has 1 atom stereocenters. The van der Waals surface area contributed by atoms with Gasteiger partial charge in [0.15, 0.2) is 0 Å². The summed E-state index contributed by atoms with van der Waals surface area (Å²) in [5.74, 6) is -1.80. The van der Waals surface area contributed by atoms with Gasteiger partial charge in [-0.05, 0) is 42.2 Å². The van der Waals surface area contributed by atoms with Crippen molar-refractivity contribution < 1.29 is 19.5 Å². The summed E-state index contributed by atoms with van der Waals surface area (Å²) in [6.07, 6.45) is 5.04. The van der Waals surface area contributed by atoms with Crippen LogP contribution < -0.4 is 5.32 Å². The van der Waals surface area contributed by atoms with Gasteiger partial charge in [0, 0.05) is 31.0 Å². The van der Waals surface area contributed by atoms with Crippen molar-refractivity contribution >= 4 is 17.8 Å². The second-order valence-corrected chi connectivity index (χ2v) is 7.55. The molecule has 1 heterocycles. The van der Waals surface area contributed by atoms with E-state index in [4.69, 9.17) is 0 Å². The Morgan fingerprint density at radius 1 is 1.10 bits per heavy atom. The van der Waals surface area contributed by atoms with Gasteiger partial charge in [-0.1, -0.05) is 39.3 Å². The Balaban J connectivity index is 2.10. The van der Waals surface area contributed by atoms with Gasteiger partial charge in [-0.2, -0.15) is 0 Å². The SMILES string of the molecule is CCCCN(Cc1ccc(C(=O)N[C@H](C(=O)O)C(C)C)cc1)C(=O)c1cccnc1. The van der Waals surface area contributed by atoms with Crippen molar-refractivity contribution in [3.63, 3.8) is 0 Å². The largest absolute Gasteiger partial charge is 0.480 e. The molecule has 2 N–H and O–H groups in total. The van der Waals surface area contributed by atoms with Gasteiger partial charge < -0.3 is 15.3 Å². The van der Waals surface area contributed by atoms with Crippen LogP contribution in [0.5, 0.6) is 0 Å². The van der Waals surface area contributed by atoms with Gasteiger partial charge in [0.2, 0.25) is 0 Å². The number of rotatable bonds is 10. The second-order valence-electron chi connectivity index (χ2n) is 7.55. The molecule has 160 valence electrons. The minimum Gasteiger partial charge on any atom is -0.480 e. The highest BCUT2D eigenvalue weighted by molar-refractivity contribution is 5.96. The number of nitrogens with zero attached hydrogens (tertiary/aromatic N) is 2. The highest BCUT2D eigenvalue weighted by atomic mass is 16.4. The molecule has 0 aliphatic carbocycles. The molecule has 0 saturated carbocycles. The minimum absolute atomic E-state index is 0.0837. The topological polar surface area (TPSA) is 99.6 Å². The van der Waals surface area contributed by atoms with E-state index in [9.17, 15) is 19.5 Å². The van der Waals surface area contributed by atoms with Crippen molar-refractivity contribution in [3.8, 4) is 0 Å². The van der Waals surface area contributed by atoms with Crippen molar-refractivity contribution in [2.45, 2.75) is 46.2 Å². The second kappa shape index (κ2) is 11.1. The number of pyridine rings is 1. The fourth-order valence-corrected chi connectivity index (χ4v) is 2.99. The first-order chi connectivity index (χ1) is 14.3. The zero-order valence-electron chi connectivity index (χ0n) is 17.7. The molecule has 0 unspecified atom stereocenters. The maximum absolute atomic E-state index is 12.8. The molecular weight excluding hydrogens is 382 g/mol. The normalized spacial score (nSPS) is 11.7. The van der Waals surface area contributed by atoms with Crippen molar-refractivity contribution in [2.24, 2.45) is 5.92 Å². The summed E-state index contributed by atoms with van der Waals surface area (Å²) in [5.41, 5.74) is 1.81. The Labute approximate surface area is 177 Å². The Kier molecular flexibility index (Phi) is 8.53. The van der Waals surface area contributed by atoms with Crippen LogP contribution in [0.15, 0.2) is 48.8 Å². The molecule has 0 spiro atoms. The van der Waals surface area contributed by atoms with E-state index in [1.165, 1.54) is 0 Å². The maximum atomic E-state index is 12.8. The third kappa shape index (κ3) is 6.40. The molecule has 1 aromatic heterocycles. The predicted octanol–water partition coefficient (Wildman–Crippen LogP) is 3.36. The van der Waals surface area contributed by atoms with Crippen molar-refractivity contribution in [2.75, 3.05) is 6.54 Å². The van der Waals surface area contributed by atoms with Gasteiger partial charge in [-0.25, -0.2) is 4.79 Å². The summed E-state index contributed by atoms with van der Waals surface area (Å²) < 4.78 is 0. The standard InChI is InChI=1S/C23H29N3O4/c1-4-5-13-26(22(28)19-7-6-12-24-14-19)15-17-8-10-18(11-9-17)21(27)25-20(16(2)3)23(29)30/h6-12,14,16,20H,4-5,13,15H2,1-3H3,(H,25,27)(H,29,30)/t20-/m0/s1. The molecule has 0 radical (unpaired) electrons. The summed E-state index contributed by atoms with van der Waals surface area (Å²) in [6, 6.07) is 9.41. The third-order valence-electron chi connectivity index (χ3n) is 4.79. The number of carboxylic acids is 1. The number of aliphatic carboxylic acids is 1. The smallest absolute Gasteiger partial charge is 0.326 e. The number of hydrogen-bond acceptors (Lipinski definition) is 4. The first kappa shape index (κ1) is 23.1. The molecule has 0 bridgehead atoms. The highest BCUT2D eigenvalue weighted by Crippen LogP contribution is 2.13. The van der Waals surface area contributed by atoms with Gasteiger partial charge in [0.25, 0.3) is 11.8 Å². The van der Waals surface area contributed by atoms with Crippen LogP contribution in [0.1, 0.15) is 59.9 Å². The zero-order valence-corrected chi connectivity index (χ0v) is 17.7. The number of unbranched alkanes of at least 4 members (excludes halogenated alkanes) is 1. The van der Waals surface area contributed by atoms with E-state index in [1.807, 2.05) is 0 Å². The third-order valence-corrected chi connectivity index (χ3v) is 4.79. The quantitative estimate of drug-likeness (QED) is 0.624. The number of carboxylic acid groups (broad SMARTS) is 1. The van der Waals surface area contributed by atoms with Crippen LogP contribution in [0.4, 0.5) is 0 Å². The van der Waals surface area contributed by atoms with Crippen LogP contribution >= 0.6 is 0 Å². The predicted molar refractivity (Wildman–Crippen MR) is 114 cm³/mol. The number of aromatic nitrogens is 1. The van der Waals surface area contributed by atoms with Crippen LogP contribution in [-0.4, -0.2) is 45.4 Å². The van der Waals surface area contributed by atoms with Crippen LogP contribution in [-0.2, 0) is 11.3 Å². The Morgan fingerprint density at radius 2 is 1.80 bits per heavy atom. The highest BCUT2D eigenvalue weighted by Gasteiger charge is 2.24. The number of nitrogens with one attached hydrogen (secondary N) is 1. The van der Waals surface area contributed by atoms with E-state index in [0.29, 0.717) is 24.2 Å². The Bertz CT molecular complexity index is 851. The van der Waals surface area contributed by atoms with E-state index in [1.54, 1.807) is 67.5 Å². The summed E-state index contributed by atoms with van der Waals surface area (Å²) in [6.45, 7) is 6.60. The lowest BCUT2D eigenvalue weighted by Gasteiger charge is -2.23. The Morgan fingerprint density at radius 3 is 2.33 bits per heavy atom. The molecule has 7 heteroatoms. The van der Waals surface area contributed by atoms with Gasteiger partial charge >= 0.3 is 5.97 Å². The molecule has 2 aromatic rings. The summed E-state index contributed by atoms with van der Waals surface area (Å²) >= 11 is 0. The molecule has 0 fully saturated rings. The molecule has 0 aliphatic rings. The number of hydrogen-bond donors (Lipinski definition) is 2. The molecule has 30 heavy (non-hydrogen) atoms. The average Bonchev–Trinajstić information content (AvgIpc) is 2.74. The molecule has 7 nitrogen and oxygen atoms in total. The molecule has 0 saturated heterocycles. The Hall–Kier alpha value is -3.22. The lowest BCUT2D eigenvalue weighted by molar-refractivity contribution is -0.140. The molecule has 1 aromatic carbocycles. The summed E-state index contributed by atoms with van der Waals surface area (Å²) in [4.78, 5) is 42.3. The first-order valence-electron chi connectivity index (χ1n) is 10.1. The van der Waals surface area contributed by atoms with Crippen LogP contribution in [0.2, 0.25) is 0 Å². The fourth-order valence-electron chi connectivity index (χ4n) is 2.99. The van der Waals surface area contributed by atoms with Crippen molar-refractivity contribution in [1.29, 1.82) is 0 Å². The molecule has 2 amide bonds. The van der Waals surface area contributed by atoms with Gasteiger partial charge in [-0.15, -0.1) is 0 Å². The number of amides is 2. The van der Waals surface area contributed by atoms with E-state index in [2.05, 4.69) is 17.2 Å². The van der Waals surface area contributed by atoms with Crippen LogP contribution in [0.25, 0.3) is 0 Å². The van der Waals surface area contributed by atoms with E-state index < -0.39 is 17.9 Å². The first-order valence-corrected chi connectivity index (χ1v) is 10.1. The average molecular weight is 412 g/mol.